The number of fused-ring (bicyclic) bond motifs is 2. The molecule has 1 aliphatic heterocycles. The Morgan fingerprint density at radius 2 is 1.88 bits per heavy atom. The average molecular weight is 357 g/mol. The molecular formula is C19H17ClN2O3. The monoisotopic (exact) mass is 356 g/mol. The van der Waals surface area contributed by atoms with E-state index in [0.29, 0.717) is 17.2 Å². The highest BCUT2D eigenvalue weighted by Gasteiger charge is 2.54. The van der Waals surface area contributed by atoms with Gasteiger partial charge in [-0.25, -0.2) is 4.79 Å². The molecule has 0 aromatic heterocycles. The number of imide groups is 1. The number of rotatable bonds is 4. The lowest BCUT2D eigenvalue weighted by molar-refractivity contribution is -0.131. The van der Waals surface area contributed by atoms with Gasteiger partial charge in [0.2, 0.25) is 0 Å². The Morgan fingerprint density at radius 1 is 1.12 bits per heavy atom. The number of amides is 3. The predicted molar refractivity (Wildman–Crippen MR) is 93.6 cm³/mol. The first-order valence-electron chi connectivity index (χ1n) is 8.21. The number of hydrogen-bond donors (Lipinski definition) is 1. The van der Waals surface area contributed by atoms with Gasteiger partial charge in [-0.1, -0.05) is 35.9 Å². The molecule has 3 amide bonds. The smallest absolute Gasteiger partial charge is 0.325 e. The zero-order chi connectivity index (χ0) is 17.4. The second-order valence-electron chi connectivity index (χ2n) is 6.25. The zero-order valence-corrected chi connectivity index (χ0v) is 14.3. The van der Waals surface area contributed by atoms with Gasteiger partial charge in [-0.15, -0.1) is 0 Å². The van der Waals surface area contributed by atoms with Crippen LogP contribution < -0.4 is 10.1 Å². The molecule has 2 aliphatic rings. The zero-order valence-electron chi connectivity index (χ0n) is 13.5. The van der Waals surface area contributed by atoms with Crippen LogP contribution in [-0.4, -0.2) is 30.0 Å². The van der Waals surface area contributed by atoms with Gasteiger partial charge in [0.25, 0.3) is 5.91 Å². The largest absolute Gasteiger partial charge is 0.492 e. The fourth-order valence-corrected chi connectivity index (χ4v) is 3.70. The van der Waals surface area contributed by atoms with Gasteiger partial charge in [-0.3, -0.25) is 9.69 Å². The number of nitrogens with one attached hydrogen (secondary N) is 1. The first kappa shape index (κ1) is 16.0. The molecular weight excluding hydrogens is 340 g/mol. The van der Waals surface area contributed by atoms with Gasteiger partial charge in [-0.2, -0.15) is 0 Å². The Balaban J connectivity index is 1.46. The predicted octanol–water partition coefficient (Wildman–Crippen LogP) is 3.11. The second kappa shape index (κ2) is 6.08. The Bertz CT molecular complexity index is 837. The van der Waals surface area contributed by atoms with Crippen LogP contribution >= 0.6 is 11.6 Å². The van der Waals surface area contributed by atoms with E-state index in [0.717, 1.165) is 17.5 Å². The summed E-state index contributed by atoms with van der Waals surface area (Å²) in [5.41, 5.74) is 1.12. The van der Waals surface area contributed by atoms with Gasteiger partial charge in [-0.05, 0) is 48.2 Å². The van der Waals surface area contributed by atoms with E-state index in [1.165, 1.54) is 4.90 Å². The number of hydrogen-bond acceptors (Lipinski definition) is 3. The summed E-state index contributed by atoms with van der Waals surface area (Å²) >= 11 is 5.84. The summed E-state index contributed by atoms with van der Waals surface area (Å²) in [7, 11) is 0. The van der Waals surface area contributed by atoms with Gasteiger partial charge in [0, 0.05) is 5.02 Å². The Hall–Kier alpha value is -2.53. The third-order valence-electron chi connectivity index (χ3n) is 4.82. The summed E-state index contributed by atoms with van der Waals surface area (Å²) < 4.78 is 5.61. The van der Waals surface area contributed by atoms with E-state index in [9.17, 15) is 9.59 Å². The molecule has 1 spiro atoms. The van der Waals surface area contributed by atoms with Crippen molar-refractivity contribution in [2.45, 2.75) is 18.4 Å². The van der Waals surface area contributed by atoms with Crippen LogP contribution in [0.1, 0.15) is 17.5 Å². The molecule has 0 bridgehead atoms. The van der Waals surface area contributed by atoms with E-state index in [2.05, 4.69) is 5.32 Å². The first-order chi connectivity index (χ1) is 12.1. The maximum Gasteiger partial charge on any atom is 0.325 e. The van der Waals surface area contributed by atoms with Crippen LogP contribution in [0.2, 0.25) is 5.02 Å². The molecule has 1 aliphatic carbocycles. The summed E-state index contributed by atoms with van der Waals surface area (Å²) in [6.45, 7) is 0.440. The number of carbonyl (C=O) groups excluding carboxylic acids is 2. The summed E-state index contributed by atoms with van der Waals surface area (Å²) in [6.07, 6.45) is 1.39. The molecule has 0 saturated carbocycles. The molecule has 1 atom stereocenters. The van der Waals surface area contributed by atoms with Crippen molar-refractivity contribution in [1.82, 2.24) is 10.2 Å². The molecule has 128 valence electrons. The standard InChI is InChI=1S/C19H17ClN2O3/c20-14-5-7-15(8-6-14)25-12-11-22-17(23)19(21-18(22)24)10-9-13-3-1-2-4-16(13)19/h1-8H,9-12H2,(H,21,24). The molecule has 1 N–H and O–H groups in total. The van der Waals surface area contributed by atoms with E-state index in [-0.39, 0.29) is 25.1 Å². The van der Waals surface area contributed by atoms with Crippen LogP contribution in [0.5, 0.6) is 5.75 Å². The number of urea groups is 1. The molecule has 1 heterocycles. The quantitative estimate of drug-likeness (QED) is 0.856. The molecule has 1 unspecified atom stereocenters. The normalized spacial score (nSPS) is 21.6. The van der Waals surface area contributed by atoms with Gasteiger partial charge < -0.3 is 10.1 Å². The third-order valence-corrected chi connectivity index (χ3v) is 5.07. The lowest BCUT2D eigenvalue weighted by atomic mass is 9.92. The molecule has 2 aromatic rings. The Morgan fingerprint density at radius 3 is 2.68 bits per heavy atom. The van der Waals surface area contributed by atoms with Crippen molar-refractivity contribution in [1.29, 1.82) is 0 Å². The topological polar surface area (TPSA) is 58.6 Å². The summed E-state index contributed by atoms with van der Waals surface area (Å²) in [4.78, 5) is 26.6. The third kappa shape index (κ3) is 2.65. The van der Waals surface area contributed by atoms with Crippen LogP contribution in [0.3, 0.4) is 0 Å². The highest BCUT2D eigenvalue weighted by Crippen LogP contribution is 2.41. The lowest BCUT2D eigenvalue weighted by Crippen LogP contribution is -2.42. The van der Waals surface area contributed by atoms with Crippen molar-refractivity contribution in [2.24, 2.45) is 0 Å². The fraction of sp³-hybridized carbons (Fsp3) is 0.263. The number of aryl methyl sites for hydroxylation is 1. The highest BCUT2D eigenvalue weighted by molar-refractivity contribution is 6.30. The van der Waals surface area contributed by atoms with Crippen molar-refractivity contribution in [3.8, 4) is 5.75 Å². The van der Waals surface area contributed by atoms with Crippen LogP contribution in [0, 0.1) is 0 Å². The number of ether oxygens (including phenoxy) is 1. The van der Waals surface area contributed by atoms with E-state index in [1.54, 1.807) is 24.3 Å². The van der Waals surface area contributed by atoms with Crippen LogP contribution in [-0.2, 0) is 16.8 Å². The van der Waals surface area contributed by atoms with Crippen LogP contribution in [0.25, 0.3) is 0 Å². The SMILES string of the molecule is O=C1NC2(CCc3ccccc32)C(=O)N1CCOc1ccc(Cl)cc1. The highest BCUT2D eigenvalue weighted by atomic mass is 35.5. The summed E-state index contributed by atoms with van der Waals surface area (Å²) in [5, 5.41) is 3.53. The van der Waals surface area contributed by atoms with E-state index >= 15 is 0 Å². The van der Waals surface area contributed by atoms with Crippen molar-refractivity contribution < 1.29 is 14.3 Å². The maximum atomic E-state index is 13.0. The Kier molecular flexibility index (Phi) is 3.88. The first-order valence-corrected chi connectivity index (χ1v) is 8.59. The van der Waals surface area contributed by atoms with Crippen molar-refractivity contribution in [3.63, 3.8) is 0 Å². The molecule has 1 fully saturated rings. The molecule has 0 radical (unpaired) electrons. The number of halogens is 1. The number of carbonyl (C=O) groups is 2. The molecule has 1 saturated heterocycles. The number of benzene rings is 2. The molecule has 25 heavy (non-hydrogen) atoms. The molecule has 4 rings (SSSR count). The summed E-state index contributed by atoms with van der Waals surface area (Å²) in [5.74, 6) is 0.458. The van der Waals surface area contributed by atoms with E-state index in [1.807, 2.05) is 24.3 Å². The second-order valence-corrected chi connectivity index (χ2v) is 6.69. The fourth-order valence-electron chi connectivity index (χ4n) is 3.58. The van der Waals surface area contributed by atoms with Crippen LogP contribution in [0.15, 0.2) is 48.5 Å². The Labute approximate surface area is 150 Å². The minimum absolute atomic E-state index is 0.192. The summed E-state index contributed by atoms with van der Waals surface area (Å²) in [6, 6.07) is 14.4. The van der Waals surface area contributed by atoms with Crippen molar-refractivity contribution >= 4 is 23.5 Å². The maximum absolute atomic E-state index is 13.0. The number of nitrogens with zero attached hydrogens (tertiary/aromatic N) is 1. The van der Waals surface area contributed by atoms with Crippen LogP contribution in [0.4, 0.5) is 4.79 Å². The van der Waals surface area contributed by atoms with Gasteiger partial charge in [0.15, 0.2) is 0 Å². The minimum atomic E-state index is -0.909. The van der Waals surface area contributed by atoms with Gasteiger partial charge in [0.05, 0.1) is 6.54 Å². The molecule has 5 nitrogen and oxygen atoms in total. The average Bonchev–Trinajstić information content (AvgIpc) is 3.10. The van der Waals surface area contributed by atoms with Crippen molar-refractivity contribution in [2.75, 3.05) is 13.2 Å². The molecule has 2 aromatic carbocycles. The van der Waals surface area contributed by atoms with Gasteiger partial charge in [0.1, 0.15) is 17.9 Å². The molecule has 6 heteroatoms. The van der Waals surface area contributed by atoms with E-state index in [4.69, 9.17) is 16.3 Å². The van der Waals surface area contributed by atoms with Crippen molar-refractivity contribution in [3.05, 3.63) is 64.7 Å². The van der Waals surface area contributed by atoms with E-state index < -0.39 is 5.54 Å². The minimum Gasteiger partial charge on any atom is -0.492 e. The lowest BCUT2D eigenvalue weighted by Gasteiger charge is -2.22. The van der Waals surface area contributed by atoms with Gasteiger partial charge >= 0.3 is 6.03 Å².